The Labute approximate surface area is 169 Å². The molecule has 0 aliphatic heterocycles. The van der Waals surface area contributed by atoms with Crippen LogP contribution in [0.4, 0.5) is 0 Å². The van der Waals surface area contributed by atoms with Gasteiger partial charge in [0.05, 0.1) is 4.87 Å². The minimum atomic E-state index is -0.206. The molecule has 0 saturated heterocycles. The van der Waals surface area contributed by atoms with Crippen molar-refractivity contribution in [1.29, 1.82) is 0 Å². The van der Waals surface area contributed by atoms with Gasteiger partial charge in [-0.3, -0.25) is 0 Å². The van der Waals surface area contributed by atoms with Gasteiger partial charge in [-0.25, -0.2) is 0 Å². The molecule has 1 heteroatoms. The van der Waals surface area contributed by atoms with Gasteiger partial charge in [0, 0.05) is 0 Å². The molecule has 1 atom stereocenters. The lowest BCUT2D eigenvalue weighted by Crippen LogP contribution is -2.15. The third kappa shape index (κ3) is 10.6. The highest BCUT2D eigenvalue weighted by atomic mass is 35.5. The summed E-state index contributed by atoms with van der Waals surface area (Å²) in [6.45, 7) is 6.64. The van der Waals surface area contributed by atoms with Crippen LogP contribution in [0.25, 0.3) is 0 Å². The van der Waals surface area contributed by atoms with Crippen LogP contribution in [0, 0.1) is 6.92 Å². The maximum absolute atomic E-state index is 6.82. The van der Waals surface area contributed by atoms with Gasteiger partial charge < -0.3 is 0 Å². The predicted molar refractivity (Wildman–Crippen MR) is 119 cm³/mol. The van der Waals surface area contributed by atoms with E-state index < -0.39 is 0 Å². The first kappa shape index (κ1) is 23.5. The summed E-state index contributed by atoms with van der Waals surface area (Å²) in [5.41, 5.74) is 2.62. The minimum Gasteiger partial charge on any atom is -0.114 e. The first-order valence-electron chi connectivity index (χ1n) is 11.3. The van der Waals surface area contributed by atoms with E-state index in [1.165, 1.54) is 101 Å². The molecule has 0 aliphatic rings. The number of hydrogen-bond donors (Lipinski definition) is 0. The fourth-order valence-electron chi connectivity index (χ4n) is 3.94. The largest absolute Gasteiger partial charge is 0.114 e. The molecule has 0 aliphatic carbocycles. The molecule has 1 aromatic carbocycles. The van der Waals surface area contributed by atoms with E-state index in [0.29, 0.717) is 0 Å². The van der Waals surface area contributed by atoms with Crippen LogP contribution in [0.3, 0.4) is 0 Å². The molecule has 0 spiro atoms. The molecular formula is C25H43Cl. The Hall–Kier alpha value is -0.490. The van der Waals surface area contributed by atoms with Crippen molar-refractivity contribution in [2.24, 2.45) is 0 Å². The van der Waals surface area contributed by atoms with Gasteiger partial charge in [-0.15, -0.1) is 11.6 Å². The first-order chi connectivity index (χ1) is 12.6. The monoisotopic (exact) mass is 378 g/mol. The highest BCUT2D eigenvalue weighted by Crippen LogP contribution is 2.36. The van der Waals surface area contributed by atoms with Crippen molar-refractivity contribution in [1.82, 2.24) is 0 Å². The van der Waals surface area contributed by atoms with Crippen LogP contribution in [0.5, 0.6) is 0 Å². The molecule has 0 fully saturated rings. The van der Waals surface area contributed by atoms with Gasteiger partial charge in [0.15, 0.2) is 0 Å². The summed E-state index contributed by atoms with van der Waals surface area (Å²) in [5, 5.41) is 0. The van der Waals surface area contributed by atoms with Crippen molar-refractivity contribution in [3.63, 3.8) is 0 Å². The molecule has 150 valence electrons. The molecule has 26 heavy (non-hydrogen) atoms. The number of rotatable bonds is 16. The van der Waals surface area contributed by atoms with E-state index in [-0.39, 0.29) is 4.87 Å². The molecule has 0 N–H and O–H groups in total. The van der Waals surface area contributed by atoms with E-state index in [0.717, 1.165) is 6.42 Å². The summed E-state index contributed by atoms with van der Waals surface area (Å²) in [6, 6.07) is 8.56. The van der Waals surface area contributed by atoms with E-state index in [9.17, 15) is 0 Å². The number of unbranched alkanes of at least 4 members (excludes halogenated alkanes) is 13. The number of hydrogen-bond acceptors (Lipinski definition) is 0. The van der Waals surface area contributed by atoms with Crippen molar-refractivity contribution in [2.75, 3.05) is 0 Å². The molecule has 1 unspecified atom stereocenters. The summed E-state index contributed by atoms with van der Waals surface area (Å²) in [6.07, 6.45) is 20.8. The molecule has 0 aromatic heterocycles. The zero-order valence-corrected chi connectivity index (χ0v) is 18.5. The van der Waals surface area contributed by atoms with Crippen molar-refractivity contribution in [2.45, 2.75) is 122 Å². The fourth-order valence-corrected chi connectivity index (χ4v) is 4.29. The Morgan fingerprint density at radius 2 is 1.12 bits per heavy atom. The van der Waals surface area contributed by atoms with Gasteiger partial charge in [-0.05, 0) is 31.4 Å². The summed E-state index contributed by atoms with van der Waals surface area (Å²) in [5.74, 6) is 0. The van der Waals surface area contributed by atoms with E-state index in [4.69, 9.17) is 11.6 Å². The molecule has 1 rings (SSSR count). The summed E-state index contributed by atoms with van der Waals surface area (Å²) < 4.78 is 0. The average Bonchev–Trinajstić information content (AvgIpc) is 2.62. The Kier molecular flexibility index (Phi) is 13.2. The zero-order chi connectivity index (χ0) is 19.1. The van der Waals surface area contributed by atoms with Gasteiger partial charge in [-0.1, -0.05) is 121 Å². The summed E-state index contributed by atoms with van der Waals surface area (Å²) in [7, 11) is 0. The lowest BCUT2D eigenvalue weighted by molar-refractivity contribution is 0.509. The van der Waals surface area contributed by atoms with Crippen LogP contribution in [0.1, 0.15) is 121 Å². The van der Waals surface area contributed by atoms with Gasteiger partial charge in [0.25, 0.3) is 0 Å². The second-order valence-corrected chi connectivity index (χ2v) is 9.19. The molecule has 1 aromatic rings. The van der Waals surface area contributed by atoms with Crippen LogP contribution in [0.15, 0.2) is 24.3 Å². The van der Waals surface area contributed by atoms with Crippen molar-refractivity contribution >= 4 is 11.6 Å². The smallest absolute Gasteiger partial charge is 0.0669 e. The number of alkyl halides is 1. The highest BCUT2D eigenvalue weighted by molar-refractivity contribution is 6.23. The van der Waals surface area contributed by atoms with Crippen LogP contribution in [-0.4, -0.2) is 0 Å². The van der Waals surface area contributed by atoms with Gasteiger partial charge in [0.1, 0.15) is 0 Å². The summed E-state index contributed by atoms with van der Waals surface area (Å²) in [4.78, 5) is -0.206. The molecule has 0 nitrogen and oxygen atoms in total. The number of halogens is 1. The lowest BCUT2D eigenvalue weighted by Gasteiger charge is -2.24. The second kappa shape index (κ2) is 14.6. The van der Waals surface area contributed by atoms with Crippen molar-refractivity contribution in [3.05, 3.63) is 35.4 Å². The van der Waals surface area contributed by atoms with Gasteiger partial charge in [0.2, 0.25) is 0 Å². The Bertz CT molecular complexity index is 449. The normalized spacial score (nSPS) is 13.7. The van der Waals surface area contributed by atoms with Crippen LogP contribution < -0.4 is 0 Å². The molecular weight excluding hydrogens is 336 g/mol. The fraction of sp³-hybridized carbons (Fsp3) is 0.760. The molecule has 0 heterocycles. The predicted octanol–water partition coefficient (Wildman–Crippen LogP) is 9.32. The Morgan fingerprint density at radius 3 is 1.58 bits per heavy atom. The van der Waals surface area contributed by atoms with Crippen LogP contribution in [0.2, 0.25) is 0 Å². The van der Waals surface area contributed by atoms with Crippen LogP contribution >= 0.6 is 11.6 Å². The van der Waals surface area contributed by atoms with Crippen LogP contribution in [-0.2, 0) is 4.87 Å². The minimum absolute atomic E-state index is 0.206. The molecule has 0 bridgehead atoms. The van der Waals surface area contributed by atoms with Gasteiger partial charge in [-0.2, -0.15) is 0 Å². The highest BCUT2D eigenvalue weighted by Gasteiger charge is 2.24. The topological polar surface area (TPSA) is 0 Å². The maximum Gasteiger partial charge on any atom is 0.0669 e. The average molecular weight is 379 g/mol. The van der Waals surface area contributed by atoms with Crippen molar-refractivity contribution < 1.29 is 0 Å². The quantitative estimate of drug-likeness (QED) is 0.198. The molecule has 0 amide bonds. The number of aryl methyl sites for hydroxylation is 1. The lowest BCUT2D eigenvalue weighted by atomic mass is 9.90. The molecule has 0 saturated carbocycles. The zero-order valence-electron chi connectivity index (χ0n) is 17.8. The summed E-state index contributed by atoms with van der Waals surface area (Å²) >= 11 is 6.82. The van der Waals surface area contributed by atoms with E-state index in [1.54, 1.807) is 0 Å². The van der Waals surface area contributed by atoms with Gasteiger partial charge >= 0.3 is 0 Å². The SMILES string of the molecule is CCCCCCCCCCCCCCCCC(C)(Cl)c1ccccc1C. The van der Waals surface area contributed by atoms with E-state index >= 15 is 0 Å². The molecule has 0 radical (unpaired) electrons. The standard InChI is InChI=1S/C25H43Cl/c1-4-5-6-7-8-9-10-11-12-13-14-15-16-19-22-25(3,26)24-21-18-17-20-23(24)2/h17-18,20-21H,4-16,19,22H2,1-3H3. The third-order valence-electron chi connectivity index (χ3n) is 5.71. The van der Waals surface area contributed by atoms with Crippen molar-refractivity contribution in [3.8, 4) is 0 Å². The Morgan fingerprint density at radius 1 is 0.692 bits per heavy atom. The number of benzene rings is 1. The van der Waals surface area contributed by atoms with E-state index in [2.05, 4.69) is 45.0 Å². The first-order valence-corrected chi connectivity index (χ1v) is 11.7. The third-order valence-corrected chi connectivity index (χ3v) is 6.10. The Balaban J connectivity index is 1.94. The van der Waals surface area contributed by atoms with E-state index in [1.807, 2.05) is 0 Å². The maximum atomic E-state index is 6.82. The second-order valence-electron chi connectivity index (χ2n) is 8.36.